The van der Waals surface area contributed by atoms with Gasteiger partial charge in [-0.05, 0) is 0 Å². The van der Waals surface area contributed by atoms with Crippen molar-refractivity contribution in [3.05, 3.63) is 23.0 Å². The summed E-state index contributed by atoms with van der Waals surface area (Å²) in [4.78, 5) is 3.99. The van der Waals surface area contributed by atoms with E-state index >= 15 is 0 Å². The molecule has 1 saturated heterocycles. The van der Waals surface area contributed by atoms with E-state index < -0.39 is 11.2 Å². The average Bonchev–Trinajstić information content (AvgIpc) is 3.09. The Morgan fingerprint density at radius 3 is 2.52 bits per heavy atom. The lowest BCUT2D eigenvalue weighted by atomic mass is 10.3. The van der Waals surface area contributed by atoms with Crippen molar-refractivity contribution in [2.45, 2.75) is 12.7 Å². The quantitative estimate of drug-likeness (QED) is 0.861. The Kier molecular flexibility index (Phi) is 3.81. The summed E-state index contributed by atoms with van der Waals surface area (Å²) in [5, 5.41) is 10.1. The van der Waals surface area contributed by atoms with Gasteiger partial charge in [0.05, 0.1) is 5.69 Å². The van der Waals surface area contributed by atoms with Gasteiger partial charge >= 0.3 is 6.18 Å². The first-order valence-electron chi connectivity index (χ1n) is 6.29. The second-order valence-electron chi connectivity index (χ2n) is 4.64. The SMILES string of the molecule is FC(F)(F)c1nnc(N2CCN(Cc3ccon3)CC2)s1. The van der Waals surface area contributed by atoms with E-state index in [1.807, 2.05) is 4.90 Å². The molecule has 0 saturated carbocycles. The van der Waals surface area contributed by atoms with Gasteiger partial charge in [0.15, 0.2) is 0 Å². The van der Waals surface area contributed by atoms with E-state index in [-0.39, 0.29) is 0 Å². The Morgan fingerprint density at radius 2 is 1.95 bits per heavy atom. The van der Waals surface area contributed by atoms with Crippen molar-refractivity contribution in [3.63, 3.8) is 0 Å². The lowest BCUT2D eigenvalue weighted by Gasteiger charge is -2.33. The fraction of sp³-hybridized carbons (Fsp3) is 0.545. The fourth-order valence-electron chi connectivity index (χ4n) is 2.10. The highest BCUT2D eigenvalue weighted by atomic mass is 32.1. The van der Waals surface area contributed by atoms with E-state index in [0.717, 1.165) is 18.8 Å². The molecule has 0 radical (unpaired) electrons. The molecule has 3 heterocycles. The van der Waals surface area contributed by atoms with Crippen LogP contribution in [0.15, 0.2) is 16.9 Å². The molecule has 0 bridgehead atoms. The number of hydrogen-bond acceptors (Lipinski definition) is 7. The third kappa shape index (κ3) is 3.32. The number of aromatic nitrogens is 3. The minimum atomic E-state index is -4.43. The highest BCUT2D eigenvalue weighted by molar-refractivity contribution is 7.15. The van der Waals surface area contributed by atoms with E-state index in [1.165, 1.54) is 6.26 Å². The van der Waals surface area contributed by atoms with Gasteiger partial charge in [-0.3, -0.25) is 4.90 Å². The highest BCUT2D eigenvalue weighted by Crippen LogP contribution is 2.34. The van der Waals surface area contributed by atoms with Crippen LogP contribution in [0.25, 0.3) is 0 Å². The zero-order chi connectivity index (χ0) is 14.9. The normalized spacial score (nSPS) is 17.4. The molecule has 1 aliphatic heterocycles. The topological polar surface area (TPSA) is 58.3 Å². The zero-order valence-corrected chi connectivity index (χ0v) is 11.7. The average molecular weight is 319 g/mol. The van der Waals surface area contributed by atoms with Crippen molar-refractivity contribution in [3.8, 4) is 0 Å². The number of anilines is 1. The molecule has 0 aliphatic carbocycles. The van der Waals surface area contributed by atoms with Crippen LogP contribution in [0.2, 0.25) is 0 Å². The van der Waals surface area contributed by atoms with E-state index in [0.29, 0.717) is 36.1 Å². The van der Waals surface area contributed by atoms with Gasteiger partial charge in [-0.1, -0.05) is 16.5 Å². The molecule has 1 fully saturated rings. The summed E-state index contributed by atoms with van der Waals surface area (Å²) < 4.78 is 42.3. The van der Waals surface area contributed by atoms with Gasteiger partial charge in [-0.2, -0.15) is 13.2 Å². The molecule has 0 N–H and O–H groups in total. The summed E-state index contributed by atoms with van der Waals surface area (Å²) in [5.74, 6) is 0. The Labute approximate surface area is 122 Å². The van der Waals surface area contributed by atoms with Crippen molar-refractivity contribution < 1.29 is 17.7 Å². The Bertz CT molecular complexity index is 577. The molecule has 0 atom stereocenters. The third-order valence-electron chi connectivity index (χ3n) is 3.18. The van der Waals surface area contributed by atoms with Crippen molar-refractivity contribution in [2.75, 3.05) is 31.1 Å². The summed E-state index contributed by atoms with van der Waals surface area (Å²) in [7, 11) is 0. The maximum Gasteiger partial charge on any atom is 0.445 e. The molecule has 2 aromatic heterocycles. The number of rotatable bonds is 3. The molecule has 21 heavy (non-hydrogen) atoms. The standard InChI is InChI=1S/C11H12F3N5OS/c12-11(13,14)9-15-16-10(21-9)19-4-2-18(3-5-19)7-8-1-6-20-17-8/h1,6H,2-5,7H2. The van der Waals surface area contributed by atoms with Crippen LogP contribution in [-0.2, 0) is 12.7 Å². The summed E-state index contributed by atoms with van der Waals surface area (Å²) in [6.07, 6.45) is -2.91. The Hall–Kier alpha value is -1.68. The molecule has 114 valence electrons. The Balaban J connectivity index is 1.57. The number of halogens is 3. The fourth-order valence-corrected chi connectivity index (χ4v) is 2.87. The molecular weight excluding hydrogens is 307 g/mol. The first-order chi connectivity index (χ1) is 10.0. The van der Waals surface area contributed by atoms with Gasteiger partial charge in [0.1, 0.15) is 6.26 Å². The highest BCUT2D eigenvalue weighted by Gasteiger charge is 2.36. The van der Waals surface area contributed by atoms with E-state index in [2.05, 4.69) is 20.3 Å². The second-order valence-corrected chi connectivity index (χ2v) is 5.60. The number of alkyl halides is 3. The van der Waals surface area contributed by atoms with Crippen LogP contribution in [0.3, 0.4) is 0 Å². The van der Waals surface area contributed by atoms with Crippen LogP contribution in [0.5, 0.6) is 0 Å². The molecule has 0 spiro atoms. The lowest BCUT2D eigenvalue weighted by molar-refractivity contribution is -0.138. The van der Waals surface area contributed by atoms with Gasteiger partial charge in [0.2, 0.25) is 10.1 Å². The van der Waals surface area contributed by atoms with Crippen LogP contribution < -0.4 is 4.90 Å². The summed E-state index contributed by atoms with van der Waals surface area (Å²) in [5.41, 5.74) is 0.846. The molecule has 0 unspecified atom stereocenters. The zero-order valence-electron chi connectivity index (χ0n) is 10.9. The van der Waals surface area contributed by atoms with Crippen molar-refractivity contribution >= 4 is 16.5 Å². The monoisotopic (exact) mass is 319 g/mol. The van der Waals surface area contributed by atoms with Crippen LogP contribution in [-0.4, -0.2) is 46.4 Å². The molecule has 6 nitrogen and oxygen atoms in total. The largest absolute Gasteiger partial charge is 0.445 e. The minimum Gasteiger partial charge on any atom is -0.364 e. The van der Waals surface area contributed by atoms with Gasteiger partial charge in [-0.15, -0.1) is 10.2 Å². The Morgan fingerprint density at radius 1 is 1.19 bits per heavy atom. The molecule has 0 amide bonds. The molecule has 3 rings (SSSR count). The number of nitrogens with zero attached hydrogens (tertiary/aromatic N) is 5. The van der Waals surface area contributed by atoms with Crippen LogP contribution in [0.4, 0.5) is 18.3 Å². The first-order valence-corrected chi connectivity index (χ1v) is 7.11. The van der Waals surface area contributed by atoms with Crippen LogP contribution in [0.1, 0.15) is 10.7 Å². The molecular formula is C11H12F3N5OS. The summed E-state index contributed by atoms with van der Waals surface area (Å²) in [6, 6.07) is 1.80. The van der Waals surface area contributed by atoms with Gasteiger partial charge in [0.25, 0.3) is 0 Å². The summed E-state index contributed by atoms with van der Waals surface area (Å²) in [6.45, 7) is 3.37. The number of hydrogen-bond donors (Lipinski definition) is 0. The minimum absolute atomic E-state index is 0.323. The van der Waals surface area contributed by atoms with Crippen molar-refractivity contribution in [1.29, 1.82) is 0 Å². The maximum absolute atomic E-state index is 12.5. The molecule has 10 heteroatoms. The van der Waals surface area contributed by atoms with Crippen molar-refractivity contribution in [2.24, 2.45) is 0 Å². The van der Waals surface area contributed by atoms with Gasteiger partial charge < -0.3 is 9.42 Å². The van der Waals surface area contributed by atoms with Gasteiger partial charge in [0, 0.05) is 38.8 Å². The van der Waals surface area contributed by atoms with E-state index in [4.69, 9.17) is 4.52 Å². The van der Waals surface area contributed by atoms with E-state index in [1.54, 1.807) is 6.07 Å². The molecule has 2 aromatic rings. The van der Waals surface area contributed by atoms with Crippen LogP contribution >= 0.6 is 11.3 Å². The predicted octanol–water partition coefficient (Wildman–Crippen LogP) is 1.87. The lowest BCUT2D eigenvalue weighted by Crippen LogP contribution is -2.46. The molecule has 0 aromatic carbocycles. The maximum atomic E-state index is 12.5. The summed E-state index contributed by atoms with van der Waals surface area (Å²) >= 11 is 0.586. The number of piperazine rings is 1. The first kappa shape index (κ1) is 14.3. The third-order valence-corrected chi connectivity index (χ3v) is 4.21. The smallest absolute Gasteiger partial charge is 0.364 e. The molecule has 1 aliphatic rings. The predicted molar refractivity (Wildman–Crippen MR) is 68.9 cm³/mol. The van der Waals surface area contributed by atoms with Gasteiger partial charge in [-0.25, -0.2) is 0 Å². The van der Waals surface area contributed by atoms with Crippen molar-refractivity contribution in [1.82, 2.24) is 20.3 Å². The van der Waals surface area contributed by atoms with E-state index in [9.17, 15) is 13.2 Å². The van der Waals surface area contributed by atoms with Crippen LogP contribution in [0, 0.1) is 0 Å². The second kappa shape index (κ2) is 5.60.